The summed E-state index contributed by atoms with van der Waals surface area (Å²) in [7, 11) is 5.31. The van der Waals surface area contributed by atoms with E-state index in [-0.39, 0.29) is 12.2 Å². The monoisotopic (exact) mass is 511 g/mol. The van der Waals surface area contributed by atoms with Gasteiger partial charge in [-0.05, 0) is 44.5 Å². The van der Waals surface area contributed by atoms with Crippen molar-refractivity contribution in [2.45, 2.75) is 26.8 Å². The third kappa shape index (κ3) is 4.68. The number of hydrogen-bond acceptors (Lipinski definition) is 9. The van der Waals surface area contributed by atoms with Crippen LogP contribution >= 0.6 is 11.3 Å². The summed E-state index contributed by atoms with van der Waals surface area (Å²) < 4.78 is 24.3. The average Bonchev–Trinajstić information content (AvgIpc) is 3.43. The van der Waals surface area contributed by atoms with Crippen molar-refractivity contribution < 1.29 is 23.4 Å². The maximum absolute atomic E-state index is 13.7. The molecular weight excluding hydrogens is 482 g/mol. The molecule has 4 rings (SSSR count). The van der Waals surface area contributed by atoms with Crippen LogP contribution in [0.4, 0.5) is 5.88 Å². The van der Waals surface area contributed by atoms with Gasteiger partial charge in [0.05, 0.1) is 42.2 Å². The fourth-order valence-corrected chi connectivity index (χ4v) is 5.05. The van der Waals surface area contributed by atoms with E-state index in [4.69, 9.17) is 18.6 Å². The zero-order chi connectivity index (χ0) is 26.0. The summed E-state index contributed by atoms with van der Waals surface area (Å²) >= 11 is 1.24. The second-order valence-corrected chi connectivity index (χ2v) is 9.23. The third-order valence-electron chi connectivity index (χ3n) is 5.65. The molecule has 0 radical (unpaired) electrons. The van der Waals surface area contributed by atoms with E-state index in [1.54, 1.807) is 45.2 Å². The van der Waals surface area contributed by atoms with E-state index in [1.807, 2.05) is 38.1 Å². The summed E-state index contributed by atoms with van der Waals surface area (Å²) in [6.07, 6.45) is 1.69. The van der Waals surface area contributed by atoms with Gasteiger partial charge >= 0.3 is 5.97 Å². The summed E-state index contributed by atoms with van der Waals surface area (Å²) in [6.45, 7) is 6.00. The number of benzene rings is 1. The van der Waals surface area contributed by atoms with Crippen molar-refractivity contribution in [3.8, 4) is 11.5 Å². The summed E-state index contributed by atoms with van der Waals surface area (Å²) in [5.74, 6) is 1.78. The molecule has 1 atom stereocenters. The predicted molar refractivity (Wildman–Crippen MR) is 138 cm³/mol. The first kappa shape index (κ1) is 25.3. The number of furan rings is 1. The highest BCUT2D eigenvalue weighted by Gasteiger charge is 2.34. The lowest BCUT2D eigenvalue weighted by molar-refractivity contribution is -0.139. The number of methoxy groups -OCH3 is 1. The van der Waals surface area contributed by atoms with Crippen molar-refractivity contribution in [1.82, 2.24) is 4.57 Å². The van der Waals surface area contributed by atoms with Crippen LogP contribution in [0.15, 0.2) is 55.8 Å². The van der Waals surface area contributed by atoms with Crippen molar-refractivity contribution in [3.63, 3.8) is 0 Å². The number of esters is 1. The molecule has 10 heteroatoms. The van der Waals surface area contributed by atoms with E-state index in [9.17, 15) is 9.59 Å². The molecule has 9 nitrogen and oxygen atoms in total. The Morgan fingerprint density at radius 2 is 1.97 bits per heavy atom. The summed E-state index contributed by atoms with van der Waals surface area (Å²) in [6, 6.07) is 8.26. The van der Waals surface area contributed by atoms with Gasteiger partial charge in [0.15, 0.2) is 22.2 Å². The number of carbonyl (C=O) groups excluding carboxylic acids is 1. The SMILES string of the molecule is CCOC(=O)C1=C(C)N=c2sc(=Cc3ccc(N(C)C)o3)c(=O)n2[C@@H]1c1ccc(OC)c(OCC)c1. The van der Waals surface area contributed by atoms with Gasteiger partial charge in [-0.15, -0.1) is 0 Å². The number of allylic oxidation sites excluding steroid dienone is 1. The van der Waals surface area contributed by atoms with Gasteiger partial charge in [0.25, 0.3) is 5.56 Å². The molecule has 0 bridgehead atoms. The van der Waals surface area contributed by atoms with Crippen LogP contribution < -0.4 is 29.3 Å². The number of aromatic nitrogens is 1. The Labute approximate surface area is 212 Å². The van der Waals surface area contributed by atoms with Crippen molar-refractivity contribution in [1.29, 1.82) is 0 Å². The first-order valence-electron chi connectivity index (χ1n) is 11.6. The molecule has 1 aromatic carbocycles. The molecule has 1 aliphatic rings. The molecule has 2 aromatic heterocycles. The lowest BCUT2D eigenvalue weighted by Crippen LogP contribution is -2.39. The van der Waals surface area contributed by atoms with Gasteiger partial charge in [-0.2, -0.15) is 0 Å². The molecule has 0 spiro atoms. The Bertz CT molecular complexity index is 1490. The normalized spacial score (nSPS) is 15.4. The fraction of sp³-hybridized carbons (Fsp3) is 0.346. The second kappa shape index (κ2) is 10.4. The van der Waals surface area contributed by atoms with Crippen LogP contribution in [0.5, 0.6) is 11.5 Å². The number of fused-ring (bicyclic) bond motifs is 1. The minimum Gasteiger partial charge on any atom is -0.493 e. The quantitative estimate of drug-likeness (QED) is 0.429. The molecule has 0 saturated heterocycles. The van der Waals surface area contributed by atoms with Gasteiger partial charge in [-0.1, -0.05) is 17.4 Å². The van der Waals surface area contributed by atoms with Crippen molar-refractivity contribution in [3.05, 3.63) is 72.6 Å². The number of carbonyl (C=O) groups is 1. The van der Waals surface area contributed by atoms with Crippen LogP contribution in [-0.4, -0.2) is 45.0 Å². The molecular formula is C26H29N3O6S. The zero-order valence-electron chi connectivity index (χ0n) is 21.2. The molecule has 3 aromatic rings. The van der Waals surface area contributed by atoms with Crippen LogP contribution in [0.2, 0.25) is 0 Å². The molecule has 190 valence electrons. The van der Waals surface area contributed by atoms with E-state index in [0.717, 1.165) is 0 Å². The molecule has 0 aliphatic carbocycles. The molecule has 3 heterocycles. The highest BCUT2D eigenvalue weighted by molar-refractivity contribution is 7.07. The third-order valence-corrected chi connectivity index (χ3v) is 6.63. The molecule has 0 fully saturated rings. The molecule has 1 aliphatic heterocycles. The van der Waals surface area contributed by atoms with Gasteiger partial charge in [0.1, 0.15) is 5.76 Å². The maximum atomic E-state index is 13.7. The number of rotatable bonds is 8. The van der Waals surface area contributed by atoms with Gasteiger partial charge in [-0.3, -0.25) is 9.36 Å². The molecule has 36 heavy (non-hydrogen) atoms. The van der Waals surface area contributed by atoms with E-state index in [1.165, 1.54) is 15.9 Å². The number of hydrogen-bond donors (Lipinski definition) is 0. The molecule has 0 unspecified atom stereocenters. The fourth-order valence-electron chi connectivity index (χ4n) is 4.03. The van der Waals surface area contributed by atoms with Gasteiger partial charge in [0, 0.05) is 26.2 Å². The summed E-state index contributed by atoms with van der Waals surface area (Å²) in [4.78, 5) is 33.7. The summed E-state index contributed by atoms with van der Waals surface area (Å²) in [5.41, 5.74) is 1.19. The van der Waals surface area contributed by atoms with E-state index < -0.39 is 12.0 Å². The van der Waals surface area contributed by atoms with Crippen molar-refractivity contribution in [2.24, 2.45) is 4.99 Å². The Hall–Kier alpha value is -3.79. The lowest BCUT2D eigenvalue weighted by Gasteiger charge is -2.25. The van der Waals surface area contributed by atoms with Gasteiger partial charge < -0.3 is 23.5 Å². The largest absolute Gasteiger partial charge is 0.493 e. The van der Waals surface area contributed by atoms with E-state index in [0.29, 0.717) is 55.9 Å². The molecule has 0 saturated carbocycles. The van der Waals surface area contributed by atoms with Crippen LogP contribution in [0.1, 0.15) is 38.1 Å². The zero-order valence-corrected chi connectivity index (χ0v) is 22.0. The number of nitrogens with zero attached hydrogens (tertiary/aromatic N) is 3. The first-order valence-corrected chi connectivity index (χ1v) is 12.4. The summed E-state index contributed by atoms with van der Waals surface area (Å²) in [5, 5.41) is 0. The molecule has 0 N–H and O–H groups in total. The van der Waals surface area contributed by atoms with Crippen LogP contribution in [0.3, 0.4) is 0 Å². The Morgan fingerprint density at radius 1 is 1.19 bits per heavy atom. The average molecular weight is 512 g/mol. The Kier molecular flexibility index (Phi) is 7.35. The minimum absolute atomic E-state index is 0.201. The highest BCUT2D eigenvalue weighted by Crippen LogP contribution is 2.36. The standard InChI is InChI=1S/C26H29N3O6S/c1-7-33-19-13-16(9-11-18(19)32-6)23-22(25(31)34-8-2)15(3)27-26-29(23)24(30)20(36-26)14-17-10-12-21(35-17)28(4)5/h9-14,23H,7-8H2,1-6H3/t23-/m1/s1. The van der Waals surface area contributed by atoms with E-state index in [2.05, 4.69) is 4.99 Å². The minimum atomic E-state index is -0.749. The first-order chi connectivity index (χ1) is 17.3. The van der Waals surface area contributed by atoms with Crippen LogP contribution in [-0.2, 0) is 9.53 Å². The topological polar surface area (TPSA) is 95.5 Å². The number of thiazole rings is 1. The number of ether oxygens (including phenoxy) is 3. The van der Waals surface area contributed by atoms with Crippen molar-refractivity contribution >= 4 is 29.3 Å². The Balaban J connectivity index is 1.94. The van der Waals surface area contributed by atoms with Crippen LogP contribution in [0, 0.1) is 0 Å². The Morgan fingerprint density at radius 3 is 2.61 bits per heavy atom. The van der Waals surface area contributed by atoms with Crippen molar-refractivity contribution in [2.75, 3.05) is 39.3 Å². The second-order valence-electron chi connectivity index (χ2n) is 8.22. The molecule has 0 amide bonds. The lowest BCUT2D eigenvalue weighted by atomic mass is 9.95. The maximum Gasteiger partial charge on any atom is 0.338 e. The predicted octanol–water partition coefficient (Wildman–Crippen LogP) is 2.86. The highest BCUT2D eigenvalue weighted by atomic mass is 32.1. The van der Waals surface area contributed by atoms with E-state index >= 15 is 0 Å². The van der Waals surface area contributed by atoms with Crippen LogP contribution in [0.25, 0.3) is 6.08 Å². The smallest absolute Gasteiger partial charge is 0.338 e. The van der Waals surface area contributed by atoms with Gasteiger partial charge in [-0.25, -0.2) is 9.79 Å². The van der Waals surface area contributed by atoms with Gasteiger partial charge in [0.2, 0.25) is 0 Å². The number of anilines is 1.